The van der Waals surface area contributed by atoms with E-state index in [-0.39, 0.29) is 12.3 Å². The van der Waals surface area contributed by atoms with Crippen molar-refractivity contribution in [3.05, 3.63) is 112 Å². The van der Waals surface area contributed by atoms with Crippen LogP contribution in [0.3, 0.4) is 0 Å². The van der Waals surface area contributed by atoms with E-state index in [1.54, 1.807) is 0 Å². The van der Waals surface area contributed by atoms with Crippen molar-refractivity contribution in [3.63, 3.8) is 0 Å². The van der Waals surface area contributed by atoms with Gasteiger partial charge in [-0.25, -0.2) is 0 Å². The highest BCUT2D eigenvalue weighted by Crippen LogP contribution is 2.29. The molecular weight excluding hydrogens is 378 g/mol. The molecule has 0 N–H and O–H groups in total. The van der Waals surface area contributed by atoms with Gasteiger partial charge in [0.25, 0.3) is 0 Å². The van der Waals surface area contributed by atoms with E-state index >= 15 is 0 Å². The van der Waals surface area contributed by atoms with E-state index in [9.17, 15) is 0 Å². The highest BCUT2D eigenvalue weighted by Gasteiger charge is 2.16. The standard InChI is InChI=1S/C24H23N3O3/c25-27-26-24(20-5-2-1-3-6-20)21-7-4-8-22(16-21)30-17-19-11-9-18(10-12-19)15-23-28-13-14-29-23/h1-12,16,23-24H,13-15,17H2. The smallest absolute Gasteiger partial charge is 0.161 e. The zero-order chi connectivity index (χ0) is 20.6. The van der Waals surface area contributed by atoms with E-state index in [0.29, 0.717) is 19.8 Å². The van der Waals surface area contributed by atoms with Crippen molar-refractivity contribution < 1.29 is 14.2 Å². The number of rotatable bonds is 8. The third-order valence-electron chi connectivity index (χ3n) is 4.98. The zero-order valence-corrected chi connectivity index (χ0v) is 16.6. The molecule has 0 amide bonds. The first-order valence-corrected chi connectivity index (χ1v) is 9.95. The highest BCUT2D eigenvalue weighted by atomic mass is 16.7. The van der Waals surface area contributed by atoms with Crippen molar-refractivity contribution >= 4 is 0 Å². The van der Waals surface area contributed by atoms with Crippen molar-refractivity contribution in [2.45, 2.75) is 25.4 Å². The van der Waals surface area contributed by atoms with Crippen LogP contribution >= 0.6 is 0 Å². The highest BCUT2D eigenvalue weighted by molar-refractivity contribution is 5.37. The second kappa shape index (κ2) is 9.94. The summed E-state index contributed by atoms with van der Waals surface area (Å²) in [6.07, 6.45) is 0.618. The predicted molar refractivity (Wildman–Crippen MR) is 114 cm³/mol. The summed E-state index contributed by atoms with van der Waals surface area (Å²) in [7, 11) is 0. The molecule has 1 saturated heterocycles. The lowest BCUT2D eigenvalue weighted by Crippen LogP contribution is -2.11. The largest absolute Gasteiger partial charge is 0.489 e. The first kappa shape index (κ1) is 20.0. The molecule has 0 saturated carbocycles. The molecule has 0 spiro atoms. The van der Waals surface area contributed by atoms with Gasteiger partial charge in [-0.05, 0) is 39.9 Å². The molecule has 1 fully saturated rings. The first-order chi connectivity index (χ1) is 14.8. The molecule has 152 valence electrons. The third kappa shape index (κ3) is 5.19. The maximum Gasteiger partial charge on any atom is 0.161 e. The Bertz CT molecular complexity index is 996. The minimum absolute atomic E-state index is 0.136. The van der Waals surface area contributed by atoms with Crippen LogP contribution < -0.4 is 4.74 Å². The van der Waals surface area contributed by atoms with Gasteiger partial charge >= 0.3 is 0 Å². The molecular formula is C24H23N3O3. The van der Waals surface area contributed by atoms with Crippen molar-refractivity contribution in [1.29, 1.82) is 0 Å². The molecule has 4 rings (SSSR count). The van der Waals surface area contributed by atoms with Crippen LogP contribution in [0, 0.1) is 0 Å². The lowest BCUT2D eigenvalue weighted by molar-refractivity contribution is -0.0399. The van der Waals surface area contributed by atoms with Gasteiger partial charge in [0.15, 0.2) is 6.29 Å². The molecule has 0 aromatic heterocycles. The molecule has 0 aliphatic carbocycles. The molecule has 30 heavy (non-hydrogen) atoms. The summed E-state index contributed by atoms with van der Waals surface area (Å²) in [5, 5.41) is 3.98. The first-order valence-electron chi connectivity index (χ1n) is 9.95. The number of azide groups is 1. The summed E-state index contributed by atoms with van der Waals surface area (Å²) in [4.78, 5) is 3.02. The maximum absolute atomic E-state index is 9.00. The molecule has 1 heterocycles. The molecule has 1 atom stereocenters. The molecule has 1 unspecified atom stereocenters. The minimum Gasteiger partial charge on any atom is -0.489 e. The lowest BCUT2D eigenvalue weighted by Gasteiger charge is -2.14. The van der Waals surface area contributed by atoms with Gasteiger partial charge in [0.2, 0.25) is 0 Å². The number of hydrogen-bond acceptors (Lipinski definition) is 4. The lowest BCUT2D eigenvalue weighted by atomic mass is 9.99. The van der Waals surface area contributed by atoms with Gasteiger partial charge in [-0.2, -0.15) is 0 Å². The van der Waals surface area contributed by atoms with Crippen LogP contribution in [-0.4, -0.2) is 19.5 Å². The van der Waals surface area contributed by atoms with Gasteiger partial charge in [-0.15, -0.1) is 0 Å². The van der Waals surface area contributed by atoms with Crippen LogP contribution in [0.2, 0.25) is 0 Å². The number of hydrogen-bond donors (Lipinski definition) is 0. The average Bonchev–Trinajstić information content (AvgIpc) is 3.31. The van der Waals surface area contributed by atoms with Crippen LogP contribution in [0.4, 0.5) is 0 Å². The normalized spacial score (nSPS) is 14.8. The van der Waals surface area contributed by atoms with Gasteiger partial charge in [0.1, 0.15) is 12.4 Å². The Morgan fingerprint density at radius 1 is 0.900 bits per heavy atom. The average molecular weight is 401 g/mol. The fourth-order valence-corrected chi connectivity index (χ4v) is 3.44. The van der Waals surface area contributed by atoms with Gasteiger partial charge in [-0.1, -0.05) is 71.8 Å². The molecule has 1 aliphatic rings. The Morgan fingerprint density at radius 2 is 1.60 bits per heavy atom. The fourth-order valence-electron chi connectivity index (χ4n) is 3.44. The molecule has 0 bridgehead atoms. The van der Waals surface area contributed by atoms with Crippen molar-refractivity contribution in [2.75, 3.05) is 13.2 Å². The van der Waals surface area contributed by atoms with E-state index in [1.165, 1.54) is 5.56 Å². The third-order valence-corrected chi connectivity index (χ3v) is 4.98. The van der Waals surface area contributed by atoms with Crippen molar-refractivity contribution in [1.82, 2.24) is 0 Å². The molecule has 6 nitrogen and oxygen atoms in total. The Labute approximate surface area is 175 Å². The number of nitrogens with zero attached hydrogens (tertiary/aromatic N) is 3. The topological polar surface area (TPSA) is 76.5 Å². The van der Waals surface area contributed by atoms with E-state index in [4.69, 9.17) is 19.7 Å². The molecule has 1 aliphatic heterocycles. The van der Waals surface area contributed by atoms with Gasteiger partial charge in [0.05, 0.1) is 19.3 Å². The Balaban J connectivity index is 1.41. The fraction of sp³-hybridized carbons (Fsp3) is 0.250. The van der Waals surface area contributed by atoms with Crippen LogP contribution in [0.5, 0.6) is 5.75 Å². The van der Waals surface area contributed by atoms with Gasteiger partial charge < -0.3 is 14.2 Å². The zero-order valence-electron chi connectivity index (χ0n) is 16.6. The summed E-state index contributed by atoms with van der Waals surface area (Å²) in [5.41, 5.74) is 13.1. The summed E-state index contributed by atoms with van der Waals surface area (Å²) < 4.78 is 17.0. The van der Waals surface area contributed by atoms with E-state index in [2.05, 4.69) is 34.3 Å². The van der Waals surface area contributed by atoms with Crippen LogP contribution in [0.25, 0.3) is 10.4 Å². The van der Waals surface area contributed by atoms with E-state index in [0.717, 1.165) is 28.9 Å². The van der Waals surface area contributed by atoms with Crippen LogP contribution in [0.15, 0.2) is 84.0 Å². The maximum atomic E-state index is 9.00. The van der Waals surface area contributed by atoms with Crippen LogP contribution in [-0.2, 0) is 22.5 Å². The number of benzene rings is 3. The quantitative estimate of drug-likeness (QED) is 0.281. The molecule has 0 radical (unpaired) electrons. The summed E-state index contributed by atoms with van der Waals surface area (Å²) in [6.45, 7) is 1.79. The van der Waals surface area contributed by atoms with Crippen LogP contribution in [0.1, 0.15) is 28.3 Å². The molecule has 6 heteroatoms. The second-order valence-electron chi connectivity index (χ2n) is 7.07. The molecule has 3 aromatic rings. The molecule has 3 aromatic carbocycles. The second-order valence-corrected chi connectivity index (χ2v) is 7.07. The Morgan fingerprint density at radius 3 is 2.33 bits per heavy atom. The monoisotopic (exact) mass is 401 g/mol. The van der Waals surface area contributed by atoms with Crippen molar-refractivity contribution in [3.8, 4) is 5.75 Å². The summed E-state index contributed by atoms with van der Waals surface area (Å²) in [5.74, 6) is 0.735. The number of ether oxygens (including phenoxy) is 3. The van der Waals surface area contributed by atoms with Gasteiger partial charge in [0, 0.05) is 11.3 Å². The SMILES string of the molecule is [N-]=[N+]=NC(c1ccccc1)c1cccc(OCc2ccc(CC3OCCO3)cc2)c1. The predicted octanol–water partition coefficient (Wildman–Crippen LogP) is 5.58. The Hall–Kier alpha value is -3.31. The summed E-state index contributed by atoms with van der Waals surface area (Å²) in [6, 6.07) is 25.3. The van der Waals surface area contributed by atoms with Gasteiger partial charge in [-0.3, -0.25) is 0 Å². The van der Waals surface area contributed by atoms with E-state index < -0.39 is 0 Å². The minimum atomic E-state index is -0.390. The Kier molecular flexibility index (Phi) is 6.62. The summed E-state index contributed by atoms with van der Waals surface area (Å²) >= 11 is 0. The van der Waals surface area contributed by atoms with E-state index in [1.807, 2.05) is 54.6 Å². The van der Waals surface area contributed by atoms with Crippen molar-refractivity contribution in [2.24, 2.45) is 5.11 Å².